The molecule has 1 aliphatic heterocycles. The highest BCUT2D eigenvalue weighted by Crippen LogP contribution is 2.17. The lowest BCUT2D eigenvalue weighted by Crippen LogP contribution is -2.26. The van der Waals surface area contributed by atoms with Crippen LogP contribution in [-0.4, -0.2) is 41.6 Å². The molecule has 1 aromatic rings. The van der Waals surface area contributed by atoms with Gasteiger partial charge in [-0.3, -0.25) is 9.59 Å². The minimum atomic E-state index is -0.322. The third kappa shape index (κ3) is 4.63. The largest absolute Gasteiger partial charge is 0.452 e. The van der Waals surface area contributed by atoms with Crippen LogP contribution < -0.4 is 0 Å². The van der Waals surface area contributed by atoms with Gasteiger partial charge >= 0.3 is 5.97 Å². The van der Waals surface area contributed by atoms with Crippen LogP contribution in [0.2, 0.25) is 0 Å². The highest BCUT2D eigenvalue weighted by Gasteiger charge is 2.21. The van der Waals surface area contributed by atoms with Gasteiger partial charge in [-0.2, -0.15) is 0 Å². The minimum absolute atomic E-state index is 0.0432. The summed E-state index contributed by atoms with van der Waals surface area (Å²) in [5, 5.41) is 0.0432. The summed E-state index contributed by atoms with van der Waals surface area (Å²) in [6.45, 7) is 1.22. The first-order chi connectivity index (χ1) is 9.75. The summed E-state index contributed by atoms with van der Waals surface area (Å²) in [6, 6.07) is 9.52. The Hall–Kier alpha value is -1.93. The molecule has 0 radical (unpaired) electrons. The molecule has 1 aromatic carbocycles. The lowest BCUT2D eigenvalue weighted by molar-refractivity contribution is -0.142. The van der Waals surface area contributed by atoms with Gasteiger partial charge in [-0.15, -0.1) is 0 Å². The van der Waals surface area contributed by atoms with E-state index in [0.29, 0.717) is 13.1 Å². The van der Waals surface area contributed by atoms with Gasteiger partial charge in [-0.1, -0.05) is 41.8 Å². The van der Waals surface area contributed by atoms with Crippen LogP contribution in [0.1, 0.15) is 12.0 Å². The monoisotopic (exact) mass is 289 g/mol. The molecule has 1 heterocycles. The van der Waals surface area contributed by atoms with Crippen LogP contribution in [-0.2, 0) is 9.53 Å². The van der Waals surface area contributed by atoms with Crippen molar-refractivity contribution in [3.8, 4) is 11.8 Å². The van der Waals surface area contributed by atoms with E-state index in [2.05, 4.69) is 11.8 Å². The number of carbonyl (C=O) groups excluding carboxylic acids is 2. The molecule has 0 aromatic heterocycles. The molecule has 4 nitrogen and oxygen atoms in total. The van der Waals surface area contributed by atoms with E-state index in [-0.39, 0.29) is 24.2 Å². The number of esters is 1. The molecular weight excluding hydrogens is 274 g/mol. The Morgan fingerprint density at radius 3 is 2.85 bits per heavy atom. The Morgan fingerprint density at radius 1 is 1.35 bits per heavy atom. The third-order valence-electron chi connectivity index (χ3n) is 2.74. The van der Waals surface area contributed by atoms with Crippen molar-refractivity contribution in [2.75, 3.05) is 25.4 Å². The highest BCUT2D eigenvalue weighted by atomic mass is 32.2. The fourth-order valence-electron chi connectivity index (χ4n) is 1.70. The van der Waals surface area contributed by atoms with Crippen molar-refractivity contribution in [2.45, 2.75) is 6.42 Å². The van der Waals surface area contributed by atoms with Crippen LogP contribution in [0.4, 0.5) is 4.79 Å². The van der Waals surface area contributed by atoms with E-state index in [9.17, 15) is 9.59 Å². The van der Waals surface area contributed by atoms with Crippen LogP contribution in [0.25, 0.3) is 0 Å². The Kier molecular flexibility index (Phi) is 5.51. The summed E-state index contributed by atoms with van der Waals surface area (Å²) >= 11 is 1.29. The standard InChI is InChI=1S/C15H15NO3S/c17-14(8-9-16-10-12-20-15(16)18)19-11-4-7-13-5-2-1-3-6-13/h1-3,5-6H,8-12H2. The molecule has 0 atom stereocenters. The Bertz CT molecular complexity index is 533. The fraction of sp³-hybridized carbons (Fsp3) is 0.333. The number of ether oxygens (including phenoxy) is 1. The van der Waals surface area contributed by atoms with Crippen molar-refractivity contribution in [1.29, 1.82) is 0 Å². The topological polar surface area (TPSA) is 46.6 Å². The molecule has 2 rings (SSSR count). The van der Waals surface area contributed by atoms with Gasteiger partial charge in [0.15, 0.2) is 6.61 Å². The van der Waals surface area contributed by atoms with Crippen molar-refractivity contribution < 1.29 is 14.3 Å². The third-order valence-corrected chi connectivity index (χ3v) is 3.63. The summed E-state index contributed by atoms with van der Waals surface area (Å²) in [5.41, 5.74) is 0.892. The first kappa shape index (κ1) is 14.5. The Labute approximate surface area is 122 Å². The number of rotatable bonds is 4. The minimum Gasteiger partial charge on any atom is -0.452 e. The normalized spacial score (nSPS) is 13.8. The SMILES string of the molecule is O=C(CCN1CCSC1=O)OCC#Cc1ccccc1. The lowest BCUT2D eigenvalue weighted by atomic mass is 10.2. The summed E-state index contributed by atoms with van der Waals surface area (Å²) in [4.78, 5) is 24.5. The van der Waals surface area contributed by atoms with Gasteiger partial charge in [0, 0.05) is 24.4 Å². The zero-order valence-electron chi connectivity index (χ0n) is 11.0. The van der Waals surface area contributed by atoms with Crippen LogP contribution in [0.5, 0.6) is 0 Å². The molecule has 1 amide bonds. The predicted octanol–water partition coefficient (Wildman–Crippen LogP) is 2.14. The number of nitrogens with zero attached hydrogens (tertiary/aromatic N) is 1. The number of amides is 1. The van der Waals surface area contributed by atoms with Crippen molar-refractivity contribution in [2.24, 2.45) is 0 Å². The van der Waals surface area contributed by atoms with Gasteiger partial charge in [0.25, 0.3) is 5.24 Å². The van der Waals surface area contributed by atoms with Crippen molar-refractivity contribution in [3.05, 3.63) is 35.9 Å². The maximum Gasteiger partial charge on any atom is 0.308 e. The summed E-state index contributed by atoms with van der Waals surface area (Å²) < 4.78 is 5.00. The van der Waals surface area contributed by atoms with E-state index in [1.807, 2.05) is 30.3 Å². The molecule has 1 aliphatic rings. The first-order valence-corrected chi connectivity index (χ1v) is 7.35. The van der Waals surface area contributed by atoms with Gasteiger partial charge in [0.2, 0.25) is 0 Å². The van der Waals surface area contributed by atoms with Gasteiger partial charge in [0.05, 0.1) is 6.42 Å². The van der Waals surface area contributed by atoms with E-state index in [0.717, 1.165) is 11.3 Å². The first-order valence-electron chi connectivity index (χ1n) is 6.37. The number of benzene rings is 1. The average molecular weight is 289 g/mol. The molecule has 0 bridgehead atoms. The van der Waals surface area contributed by atoms with Crippen LogP contribution in [0, 0.1) is 11.8 Å². The number of hydrogen-bond acceptors (Lipinski definition) is 4. The van der Waals surface area contributed by atoms with E-state index >= 15 is 0 Å². The summed E-state index contributed by atoms with van der Waals surface area (Å²) in [6.07, 6.45) is 0.222. The maximum atomic E-state index is 11.5. The Morgan fingerprint density at radius 2 is 2.15 bits per heavy atom. The van der Waals surface area contributed by atoms with Crippen LogP contribution in [0.15, 0.2) is 30.3 Å². The molecule has 0 N–H and O–H groups in total. The second-order valence-electron chi connectivity index (χ2n) is 4.18. The second kappa shape index (κ2) is 7.61. The molecule has 1 saturated heterocycles. The second-order valence-corrected chi connectivity index (χ2v) is 5.23. The molecule has 0 saturated carbocycles. The zero-order chi connectivity index (χ0) is 14.2. The smallest absolute Gasteiger partial charge is 0.308 e. The maximum absolute atomic E-state index is 11.5. The van der Waals surface area contributed by atoms with Crippen molar-refractivity contribution in [1.82, 2.24) is 4.90 Å². The van der Waals surface area contributed by atoms with E-state index < -0.39 is 0 Å². The van der Waals surface area contributed by atoms with E-state index in [1.165, 1.54) is 11.8 Å². The quantitative estimate of drug-likeness (QED) is 0.629. The average Bonchev–Trinajstić information content (AvgIpc) is 2.88. The van der Waals surface area contributed by atoms with Gasteiger partial charge in [-0.05, 0) is 12.1 Å². The lowest BCUT2D eigenvalue weighted by Gasteiger charge is -2.12. The van der Waals surface area contributed by atoms with Gasteiger partial charge < -0.3 is 9.64 Å². The molecule has 5 heteroatoms. The van der Waals surface area contributed by atoms with Crippen LogP contribution in [0.3, 0.4) is 0 Å². The van der Waals surface area contributed by atoms with Gasteiger partial charge in [-0.25, -0.2) is 0 Å². The number of hydrogen-bond donors (Lipinski definition) is 0. The highest BCUT2D eigenvalue weighted by molar-refractivity contribution is 8.13. The molecule has 0 unspecified atom stereocenters. The predicted molar refractivity (Wildman–Crippen MR) is 78.3 cm³/mol. The Balaban J connectivity index is 1.65. The fourth-order valence-corrected chi connectivity index (χ4v) is 2.55. The van der Waals surface area contributed by atoms with Crippen LogP contribution >= 0.6 is 11.8 Å². The molecular formula is C15H15NO3S. The zero-order valence-corrected chi connectivity index (χ0v) is 11.8. The van der Waals surface area contributed by atoms with E-state index in [4.69, 9.17) is 4.74 Å². The van der Waals surface area contributed by atoms with E-state index in [1.54, 1.807) is 4.90 Å². The van der Waals surface area contributed by atoms with Gasteiger partial charge in [0.1, 0.15) is 0 Å². The molecule has 104 valence electrons. The molecule has 1 fully saturated rings. The summed E-state index contributed by atoms with van der Waals surface area (Å²) in [5.74, 6) is 6.18. The molecule has 0 spiro atoms. The van der Waals surface area contributed by atoms with Crippen molar-refractivity contribution >= 4 is 23.0 Å². The number of thioether (sulfide) groups is 1. The van der Waals surface area contributed by atoms with Crippen molar-refractivity contribution in [3.63, 3.8) is 0 Å². The number of carbonyl (C=O) groups is 2. The summed E-state index contributed by atoms with van der Waals surface area (Å²) in [7, 11) is 0. The molecule has 0 aliphatic carbocycles. The molecule has 20 heavy (non-hydrogen) atoms.